The zero-order valence-corrected chi connectivity index (χ0v) is 11.1. The van der Waals surface area contributed by atoms with E-state index in [-0.39, 0.29) is 4.99 Å². The lowest BCUT2D eigenvalue weighted by molar-refractivity contribution is 0.314. The molecule has 6 heteroatoms. The Kier molecular flexibility index (Phi) is 5.04. The highest BCUT2D eigenvalue weighted by molar-refractivity contribution is 7.86. The van der Waals surface area contributed by atoms with Crippen LogP contribution >= 0.6 is 12.2 Å². The molecular weight excluding hydrogens is 258 g/mol. The van der Waals surface area contributed by atoms with Crippen molar-refractivity contribution in [3.8, 4) is 0 Å². The molecule has 0 saturated carbocycles. The highest BCUT2D eigenvalue weighted by atomic mass is 32.2. The van der Waals surface area contributed by atoms with Crippen LogP contribution in [0.3, 0.4) is 0 Å². The Balaban J connectivity index is 2.45. The van der Waals surface area contributed by atoms with Gasteiger partial charge in [-0.15, -0.1) is 0 Å². The first-order valence-electron chi connectivity index (χ1n) is 4.91. The molecule has 1 aromatic rings. The Morgan fingerprint density at radius 2 is 2.06 bits per heavy atom. The molecule has 4 nitrogen and oxygen atoms in total. The summed E-state index contributed by atoms with van der Waals surface area (Å²) in [5, 5.41) is 2.90. The SMILES string of the molecule is [CH2]C(OS(C)(=O)=O)C(=S)NCc1ccccc1. The molecule has 0 fully saturated rings. The van der Waals surface area contributed by atoms with Gasteiger partial charge in [0, 0.05) is 6.54 Å². The monoisotopic (exact) mass is 272 g/mol. The van der Waals surface area contributed by atoms with E-state index in [1.54, 1.807) is 0 Å². The Bertz CT molecular complexity index is 471. The molecule has 1 rings (SSSR count). The molecular formula is C11H14NO3S2. The zero-order valence-electron chi connectivity index (χ0n) is 9.42. The van der Waals surface area contributed by atoms with Crippen molar-refractivity contribution in [3.63, 3.8) is 0 Å². The Morgan fingerprint density at radius 3 is 2.59 bits per heavy atom. The van der Waals surface area contributed by atoms with Crippen molar-refractivity contribution in [2.75, 3.05) is 6.26 Å². The van der Waals surface area contributed by atoms with Crippen LogP contribution in [-0.4, -0.2) is 25.8 Å². The van der Waals surface area contributed by atoms with E-state index in [1.165, 1.54) is 0 Å². The van der Waals surface area contributed by atoms with Gasteiger partial charge in [-0.05, 0) is 12.5 Å². The fourth-order valence-electron chi connectivity index (χ4n) is 1.15. The number of hydrogen-bond donors (Lipinski definition) is 1. The van der Waals surface area contributed by atoms with Gasteiger partial charge in [0.15, 0.2) is 0 Å². The van der Waals surface area contributed by atoms with Crippen LogP contribution < -0.4 is 5.32 Å². The minimum Gasteiger partial charge on any atom is -0.373 e. The van der Waals surface area contributed by atoms with Gasteiger partial charge in [-0.3, -0.25) is 4.18 Å². The van der Waals surface area contributed by atoms with Gasteiger partial charge in [-0.25, -0.2) is 0 Å². The van der Waals surface area contributed by atoms with Crippen LogP contribution in [0, 0.1) is 6.92 Å². The van der Waals surface area contributed by atoms with E-state index < -0.39 is 16.2 Å². The molecule has 17 heavy (non-hydrogen) atoms. The van der Waals surface area contributed by atoms with Crippen LogP contribution in [0.15, 0.2) is 30.3 Å². The van der Waals surface area contributed by atoms with Gasteiger partial charge < -0.3 is 5.32 Å². The molecule has 0 bridgehead atoms. The number of benzene rings is 1. The third-order valence-corrected chi connectivity index (χ3v) is 2.88. The summed E-state index contributed by atoms with van der Waals surface area (Å²) in [5.41, 5.74) is 1.04. The third-order valence-electron chi connectivity index (χ3n) is 1.89. The van der Waals surface area contributed by atoms with Crippen molar-refractivity contribution in [3.05, 3.63) is 42.8 Å². The maximum absolute atomic E-state index is 10.9. The molecule has 1 radical (unpaired) electrons. The summed E-state index contributed by atoms with van der Waals surface area (Å²) in [6.45, 7) is 4.04. The molecule has 0 aliphatic heterocycles. The van der Waals surface area contributed by atoms with Gasteiger partial charge in [0.1, 0.15) is 11.1 Å². The van der Waals surface area contributed by atoms with Crippen molar-refractivity contribution in [2.45, 2.75) is 12.6 Å². The molecule has 1 unspecified atom stereocenters. The van der Waals surface area contributed by atoms with Gasteiger partial charge in [-0.1, -0.05) is 42.5 Å². The van der Waals surface area contributed by atoms with Gasteiger partial charge in [0.2, 0.25) is 0 Å². The number of thiocarbonyl (C=S) groups is 1. The van der Waals surface area contributed by atoms with E-state index in [1.807, 2.05) is 30.3 Å². The van der Waals surface area contributed by atoms with Crippen LogP contribution in [0.25, 0.3) is 0 Å². The second kappa shape index (κ2) is 6.09. The average molecular weight is 272 g/mol. The van der Waals surface area contributed by atoms with Gasteiger partial charge in [0.05, 0.1) is 6.26 Å². The first kappa shape index (κ1) is 14.1. The predicted molar refractivity (Wildman–Crippen MR) is 71.0 cm³/mol. The summed E-state index contributed by atoms with van der Waals surface area (Å²) >= 11 is 4.98. The minimum atomic E-state index is -3.54. The van der Waals surface area contributed by atoms with Gasteiger partial charge in [0.25, 0.3) is 10.1 Å². The summed E-state index contributed by atoms with van der Waals surface area (Å²) in [5.74, 6) is 0. The summed E-state index contributed by atoms with van der Waals surface area (Å²) in [4.78, 5) is 0.263. The van der Waals surface area contributed by atoms with Crippen molar-refractivity contribution < 1.29 is 12.6 Å². The topological polar surface area (TPSA) is 55.4 Å². The lowest BCUT2D eigenvalue weighted by Gasteiger charge is -2.14. The highest BCUT2D eigenvalue weighted by Crippen LogP contribution is 2.01. The molecule has 1 aromatic carbocycles. The smallest absolute Gasteiger partial charge is 0.265 e. The minimum absolute atomic E-state index is 0.263. The molecule has 0 saturated heterocycles. The lowest BCUT2D eigenvalue weighted by Crippen LogP contribution is -2.33. The summed E-state index contributed by atoms with van der Waals surface area (Å²) in [6, 6.07) is 9.61. The van der Waals surface area contributed by atoms with Crippen LogP contribution in [-0.2, 0) is 20.8 Å². The maximum atomic E-state index is 10.9. The molecule has 1 N–H and O–H groups in total. The summed E-state index contributed by atoms with van der Waals surface area (Å²) in [6.07, 6.45) is 0.0639. The number of hydrogen-bond acceptors (Lipinski definition) is 4. The van der Waals surface area contributed by atoms with E-state index >= 15 is 0 Å². The van der Waals surface area contributed by atoms with E-state index in [9.17, 15) is 8.42 Å². The average Bonchev–Trinajstić information content (AvgIpc) is 2.25. The number of nitrogens with one attached hydrogen (secondary N) is 1. The maximum Gasteiger partial charge on any atom is 0.265 e. The normalized spacial score (nSPS) is 13.1. The molecule has 0 aliphatic rings. The van der Waals surface area contributed by atoms with Crippen molar-refractivity contribution >= 4 is 27.3 Å². The molecule has 0 aliphatic carbocycles. The molecule has 0 spiro atoms. The van der Waals surface area contributed by atoms with E-state index in [0.29, 0.717) is 6.54 Å². The molecule has 0 heterocycles. The Morgan fingerprint density at radius 1 is 1.47 bits per heavy atom. The fraction of sp³-hybridized carbons (Fsp3) is 0.273. The van der Waals surface area contributed by atoms with Gasteiger partial charge in [-0.2, -0.15) is 8.42 Å². The second-order valence-corrected chi connectivity index (χ2v) is 5.53. The fourth-order valence-corrected chi connectivity index (χ4v) is 1.85. The third kappa shape index (κ3) is 5.76. The van der Waals surface area contributed by atoms with E-state index in [2.05, 4.69) is 16.4 Å². The van der Waals surface area contributed by atoms with Crippen molar-refractivity contribution in [1.29, 1.82) is 0 Å². The van der Waals surface area contributed by atoms with E-state index in [4.69, 9.17) is 12.2 Å². The quantitative estimate of drug-likeness (QED) is 0.646. The molecule has 0 aromatic heterocycles. The van der Waals surface area contributed by atoms with Crippen molar-refractivity contribution in [2.24, 2.45) is 0 Å². The molecule has 1 atom stereocenters. The predicted octanol–water partition coefficient (Wildman–Crippen LogP) is 1.28. The number of rotatable bonds is 5. The van der Waals surface area contributed by atoms with Gasteiger partial charge >= 0.3 is 0 Å². The summed E-state index contributed by atoms with van der Waals surface area (Å²) < 4.78 is 26.4. The largest absolute Gasteiger partial charge is 0.373 e. The van der Waals surface area contributed by atoms with E-state index in [0.717, 1.165) is 11.8 Å². The Hall–Kier alpha value is -0.980. The van der Waals surface area contributed by atoms with Crippen LogP contribution in [0.5, 0.6) is 0 Å². The lowest BCUT2D eigenvalue weighted by atomic mass is 10.2. The standard InChI is InChI=1S/C11H14NO3S2/c1-9(15-17(2,13)14)11(16)12-8-10-6-4-3-5-7-10/h3-7,9H,1,8H2,2H3,(H,12,16). The first-order chi connectivity index (χ1) is 7.88. The zero-order chi connectivity index (χ0) is 12.9. The van der Waals surface area contributed by atoms with Crippen molar-refractivity contribution in [1.82, 2.24) is 5.32 Å². The Labute approximate surface area is 107 Å². The van der Waals surface area contributed by atoms with Crippen LogP contribution in [0.4, 0.5) is 0 Å². The summed E-state index contributed by atoms with van der Waals surface area (Å²) in [7, 11) is -3.54. The molecule has 0 amide bonds. The first-order valence-corrected chi connectivity index (χ1v) is 7.14. The highest BCUT2D eigenvalue weighted by Gasteiger charge is 2.14. The second-order valence-electron chi connectivity index (χ2n) is 3.49. The van der Waals surface area contributed by atoms with Crippen LogP contribution in [0.2, 0.25) is 0 Å². The van der Waals surface area contributed by atoms with Crippen LogP contribution in [0.1, 0.15) is 5.56 Å². The molecule has 93 valence electrons.